The monoisotopic (exact) mass is 357 g/mol. The van der Waals surface area contributed by atoms with E-state index in [9.17, 15) is 14.0 Å². The molecular formula is C20H20FNO4. The van der Waals surface area contributed by atoms with Crippen LogP contribution >= 0.6 is 0 Å². The summed E-state index contributed by atoms with van der Waals surface area (Å²) in [6.07, 6.45) is 2.81. The molecule has 1 amide bonds. The molecule has 26 heavy (non-hydrogen) atoms. The Morgan fingerprint density at radius 1 is 1.12 bits per heavy atom. The number of ether oxygens (including phenoxy) is 2. The lowest BCUT2D eigenvalue weighted by Crippen LogP contribution is -2.28. The molecule has 5 nitrogen and oxygen atoms in total. The van der Waals surface area contributed by atoms with Gasteiger partial charge in [0.2, 0.25) is 0 Å². The predicted molar refractivity (Wildman–Crippen MR) is 95.9 cm³/mol. The third-order valence-electron chi connectivity index (χ3n) is 3.38. The van der Waals surface area contributed by atoms with Crippen LogP contribution in [0, 0.1) is 5.82 Å². The molecule has 0 aliphatic heterocycles. The van der Waals surface area contributed by atoms with Crippen LogP contribution in [0.25, 0.3) is 6.08 Å². The van der Waals surface area contributed by atoms with Crippen molar-refractivity contribution in [3.05, 3.63) is 71.6 Å². The summed E-state index contributed by atoms with van der Waals surface area (Å²) in [7, 11) is 0. The lowest BCUT2D eigenvalue weighted by atomic mass is 10.2. The average molecular weight is 357 g/mol. The SMILES string of the molecule is CCOc1ccc(/C=C/C(=O)OCC(=O)NCc2ccccc2F)cc1. The lowest BCUT2D eigenvalue weighted by molar-refractivity contribution is -0.143. The van der Waals surface area contributed by atoms with Crippen molar-refractivity contribution in [2.24, 2.45) is 0 Å². The largest absolute Gasteiger partial charge is 0.494 e. The van der Waals surface area contributed by atoms with E-state index in [0.29, 0.717) is 12.2 Å². The molecule has 0 spiro atoms. The molecule has 0 fully saturated rings. The number of esters is 1. The van der Waals surface area contributed by atoms with Gasteiger partial charge in [0.25, 0.3) is 5.91 Å². The first-order valence-electron chi connectivity index (χ1n) is 8.16. The van der Waals surface area contributed by atoms with Crippen molar-refractivity contribution in [1.29, 1.82) is 0 Å². The van der Waals surface area contributed by atoms with Gasteiger partial charge in [-0.3, -0.25) is 4.79 Å². The zero-order valence-corrected chi connectivity index (χ0v) is 14.4. The molecule has 0 bridgehead atoms. The maximum atomic E-state index is 13.4. The summed E-state index contributed by atoms with van der Waals surface area (Å²) in [5, 5.41) is 2.49. The topological polar surface area (TPSA) is 64.6 Å². The second-order valence-electron chi connectivity index (χ2n) is 5.31. The molecule has 0 aliphatic rings. The summed E-state index contributed by atoms with van der Waals surface area (Å²) in [5.41, 5.74) is 1.16. The van der Waals surface area contributed by atoms with Crippen LogP contribution < -0.4 is 10.1 Å². The van der Waals surface area contributed by atoms with Crippen molar-refractivity contribution in [1.82, 2.24) is 5.32 Å². The van der Waals surface area contributed by atoms with Crippen molar-refractivity contribution in [3.63, 3.8) is 0 Å². The maximum absolute atomic E-state index is 13.4. The van der Waals surface area contributed by atoms with Crippen LogP contribution in [0.2, 0.25) is 0 Å². The molecule has 0 saturated heterocycles. The zero-order valence-electron chi connectivity index (χ0n) is 14.4. The van der Waals surface area contributed by atoms with Crippen molar-refractivity contribution in [2.75, 3.05) is 13.2 Å². The molecule has 2 rings (SSSR count). The Hall–Kier alpha value is -3.15. The van der Waals surface area contributed by atoms with Gasteiger partial charge < -0.3 is 14.8 Å². The van der Waals surface area contributed by atoms with E-state index < -0.39 is 24.3 Å². The van der Waals surface area contributed by atoms with Crippen LogP contribution in [0.1, 0.15) is 18.1 Å². The third kappa shape index (κ3) is 6.39. The highest BCUT2D eigenvalue weighted by molar-refractivity contribution is 5.89. The number of rotatable bonds is 8. The van der Waals surface area contributed by atoms with E-state index in [1.165, 1.54) is 12.1 Å². The van der Waals surface area contributed by atoms with Gasteiger partial charge in [0, 0.05) is 18.2 Å². The van der Waals surface area contributed by atoms with E-state index in [-0.39, 0.29) is 6.54 Å². The Morgan fingerprint density at radius 2 is 1.85 bits per heavy atom. The van der Waals surface area contributed by atoms with Gasteiger partial charge in [-0.25, -0.2) is 9.18 Å². The van der Waals surface area contributed by atoms with Crippen molar-refractivity contribution >= 4 is 18.0 Å². The Bertz CT molecular complexity index is 772. The fraction of sp³-hybridized carbons (Fsp3) is 0.200. The van der Waals surface area contributed by atoms with Crippen LogP contribution in [-0.2, 0) is 20.9 Å². The van der Waals surface area contributed by atoms with Crippen molar-refractivity contribution in [2.45, 2.75) is 13.5 Å². The number of benzene rings is 2. The molecule has 0 atom stereocenters. The molecule has 0 heterocycles. The van der Waals surface area contributed by atoms with Crippen LogP contribution in [0.3, 0.4) is 0 Å². The second kappa shape index (κ2) is 9.98. The molecule has 0 aliphatic carbocycles. The van der Waals surface area contributed by atoms with Gasteiger partial charge in [-0.15, -0.1) is 0 Å². The third-order valence-corrected chi connectivity index (χ3v) is 3.38. The number of halogens is 1. The standard InChI is InChI=1S/C20H20FNO4/c1-2-25-17-10-7-15(8-11-17)9-12-20(24)26-14-19(23)22-13-16-5-3-4-6-18(16)21/h3-12H,2,13-14H2,1H3,(H,22,23)/b12-9+. The van der Waals surface area contributed by atoms with Crippen LogP contribution in [-0.4, -0.2) is 25.1 Å². The minimum atomic E-state index is -0.639. The van der Waals surface area contributed by atoms with Crippen molar-refractivity contribution < 1.29 is 23.5 Å². The quantitative estimate of drug-likeness (QED) is 0.582. The zero-order chi connectivity index (χ0) is 18.8. The van der Waals surface area contributed by atoms with E-state index in [1.54, 1.807) is 48.5 Å². The molecule has 2 aromatic rings. The highest BCUT2D eigenvalue weighted by Gasteiger charge is 2.06. The number of nitrogens with one attached hydrogen (secondary N) is 1. The molecule has 0 unspecified atom stereocenters. The average Bonchev–Trinajstić information content (AvgIpc) is 2.65. The predicted octanol–water partition coefficient (Wildman–Crippen LogP) is 3.10. The lowest BCUT2D eigenvalue weighted by Gasteiger charge is -2.06. The molecule has 0 radical (unpaired) electrons. The summed E-state index contributed by atoms with van der Waals surface area (Å²) in [6.45, 7) is 2.09. The number of carbonyl (C=O) groups is 2. The van der Waals surface area contributed by atoms with Gasteiger partial charge in [0.1, 0.15) is 11.6 Å². The number of amides is 1. The van der Waals surface area contributed by atoms with Gasteiger partial charge in [-0.05, 0) is 36.8 Å². The van der Waals surface area contributed by atoms with E-state index in [0.717, 1.165) is 11.3 Å². The first-order valence-corrected chi connectivity index (χ1v) is 8.16. The Morgan fingerprint density at radius 3 is 2.54 bits per heavy atom. The maximum Gasteiger partial charge on any atom is 0.331 e. The Balaban J connectivity index is 1.73. The Labute approximate surface area is 151 Å². The van der Waals surface area contributed by atoms with Crippen molar-refractivity contribution in [3.8, 4) is 5.75 Å². The molecule has 0 saturated carbocycles. The summed E-state index contributed by atoms with van der Waals surface area (Å²) in [4.78, 5) is 23.3. The molecule has 1 N–H and O–H groups in total. The van der Waals surface area contributed by atoms with Crippen LogP contribution in [0.5, 0.6) is 5.75 Å². The van der Waals surface area contributed by atoms with E-state index >= 15 is 0 Å². The minimum absolute atomic E-state index is 0.0328. The van der Waals surface area contributed by atoms with Crippen LogP contribution in [0.15, 0.2) is 54.6 Å². The van der Waals surface area contributed by atoms with E-state index in [4.69, 9.17) is 9.47 Å². The Kier molecular flexibility index (Phi) is 7.36. The molecule has 136 valence electrons. The fourth-order valence-electron chi connectivity index (χ4n) is 2.08. The van der Waals surface area contributed by atoms with Crippen LogP contribution in [0.4, 0.5) is 4.39 Å². The second-order valence-corrected chi connectivity index (χ2v) is 5.31. The molecule has 2 aromatic carbocycles. The summed E-state index contributed by atoms with van der Waals surface area (Å²) >= 11 is 0. The smallest absolute Gasteiger partial charge is 0.331 e. The highest BCUT2D eigenvalue weighted by atomic mass is 19.1. The van der Waals surface area contributed by atoms with Gasteiger partial charge >= 0.3 is 5.97 Å². The van der Waals surface area contributed by atoms with Gasteiger partial charge in [0.15, 0.2) is 6.61 Å². The van der Waals surface area contributed by atoms with E-state index in [2.05, 4.69) is 5.32 Å². The van der Waals surface area contributed by atoms with Gasteiger partial charge in [-0.1, -0.05) is 30.3 Å². The molecule has 0 aromatic heterocycles. The number of hydrogen-bond acceptors (Lipinski definition) is 4. The molecule has 6 heteroatoms. The fourth-order valence-corrected chi connectivity index (χ4v) is 2.08. The summed E-state index contributed by atoms with van der Waals surface area (Å²) in [5.74, 6) is -0.794. The summed E-state index contributed by atoms with van der Waals surface area (Å²) < 4.78 is 23.6. The normalized spacial score (nSPS) is 10.5. The number of hydrogen-bond donors (Lipinski definition) is 1. The first-order chi connectivity index (χ1) is 12.6. The first kappa shape index (κ1) is 19.2. The van der Waals surface area contributed by atoms with Gasteiger partial charge in [-0.2, -0.15) is 0 Å². The molecular weight excluding hydrogens is 337 g/mol. The summed E-state index contributed by atoms with van der Waals surface area (Å²) in [6, 6.07) is 13.3. The van der Waals surface area contributed by atoms with E-state index in [1.807, 2.05) is 6.92 Å². The number of carbonyl (C=O) groups excluding carboxylic acids is 2. The highest BCUT2D eigenvalue weighted by Crippen LogP contribution is 2.13. The van der Waals surface area contributed by atoms with Gasteiger partial charge in [0.05, 0.1) is 6.61 Å². The minimum Gasteiger partial charge on any atom is -0.494 e.